The lowest BCUT2D eigenvalue weighted by atomic mass is 10.1. The Bertz CT molecular complexity index is 590. The number of benzene rings is 1. The molecule has 3 N–H and O–H groups in total. The molecule has 0 aliphatic carbocycles. The largest absolute Gasteiger partial charge is 0.357 e. The minimum Gasteiger partial charge on any atom is -0.357 e. The van der Waals surface area contributed by atoms with Gasteiger partial charge in [-0.2, -0.15) is 0 Å². The molecule has 140 valence electrons. The standard InChI is InChI=1S/C17H27N5O2.HI/c1-5-13-8-7-9-14(10-13)21-15(23)11-19-17(18-6-2)20-12-16(24)22(3)4;/h7-10H,5-6,11-12H2,1-4H3,(H,21,23)(H2,18,19,20);1H. The average molecular weight is 461 g/mol. The Morgan fingerprint density at radius 1 is 1.16 bits per heavy atom. The van der Waals surface area contributed by atoms with Gasteiger partial charge in [-0.3, -0.25) is 9.59 Å². The number of rotatable bonds is 7. The van der Waals surface area contributed by atoms with E-state index in [4.69, 9.17) is 0 Å². The van der Waals surface area contributed by atoms with E-state index < -0.39 is 0 Å². The van der Waals surface area contributed by atoms with Crippen molar-refractivity contribution in [1.82, 2.24) is 15.5 Å². The molecule has 1 rings (SSSR count). The molecule has 0 aromatic heterocycles. The smallest absolute Gasteiger partial charge is 0.246 e. The lowest BCUT2D eigenvalue weighted by Crippen LogP contribution is -2.43. The zero-order chi connectivity index (χ0) is 17.9. The quantitative estimate of drug-likeness (QED) is 0.326. The number of halogens is 1. The summed E-state index contributed by atoms with van der Waals surface area (Å²) in [7, 11) is 3.37. The van der Waals surface area contributed by atoms with Crippen molar-refractivity contribution < 1.29 is 9.59 Å². The molecule has 0 atom stereocenters. The van der Waals surface area contributed by atoms with Gasteiger partial charge >= 0.3 is 0 Å². The molecule has 0 aliphatic heterocycles. The number of hydrogen-bond donors (Lipinski definition) is 3. The summed E-state index contributed by atoms with van der Waals surface area (Å²) in [5.74, 6) is 0.158. The highest BCUT2D eigenvalue weighted by Crippen LogP contribution is 2.10. The summed E-state index contributed by atoms with van der Waals surface area (Å²) in [5.41, 5.74) is 1.92. The van der Waals surface area contributed by atoms with Gasteiger partial charge in [0.25, 0.3) is 0 Å². The number of carbonyl (C=O) groups is 2. The van der Waals surface area contributed by atoms with Crippen LogP contribution >= 0.6 is 24.0 Å². The van der Waals surface area contributed by atoms with Crippen LogP contribution < -0.4 is 16.0 Å². The van der Waals surface area contributed by atoms with Gasteiger partial charge in [0.1, 0.15) is 6.54 Å². The third-order valence-corrected chi connectivity index (χ3v) is 3.25. The number of aryl methyl sites for hydroxylation is 1. The van der Waals surface area contributed by atoms with Crippen LogP contribution in [0.15, 0.2) is 29.3 Å². The van der Waals surface area contributed by atoms with E-state index in [9.17, 15) is 9.59 Å². The highest BCUT2D eigenvalue weighted by molar-refractivity contribution is 14.0. The number of carbonyl (C=O) groups excluding carboxylic acids is 2. The van der Waals surface area contributed by atoms with Crippen LogP contribution in [0, 0.1) is 0 Å². The molecule has 8 heteroatoms. The molecule has 1 aromatic rings. The van der Waals surface area contributed by atoms with Gasteiger partial charge in [0.05, 0.1) is 6.54 Å². The number of hydrogen-bond acceptors (Lipinski definition) is 3. The molecule has 0 aliphatic rings. The monoisotopic (exact) mass is 461 g/mol. The van der Waals surface area contributed by atoms with Gasteiger partial charge in [-0.1, -0.05) is 19.1 Å². The number of aliphatic imine (C=N–C) groups is 1. The van der Waals surface area contributed by atoms with Crippen LogP contribution in [0.3, 0.4) is 0 Å². The number of guanidine groups is 1. The predicted molar refractivity (Wildman–Crippen MR) is 113 cm³/mol. The molecule has 7 nitrogen and oxygen atoms in total. The Labute approximate surface area is 166 Å². The van der Waals surface area contributed by atoms with Crippen molar-refractivity contribution in [3.63, 3.8) is 0 Å². The van der Waals surface area contributed by atoms with Crippen LogP contribution in [0.25, 0.3) is 0 Å². The van der Waals surface area contributed by atoms with Crippen LogP contribution in [0.4, 0.5) is 5.69 Å². The molecule has 2 amide bonds. The fourth-order valence-corrected chi connectivity index (χ4v) is 1.88. The van der Waals surface area contributed by atoms with Gasteiger partial charge in [-0.05, 0) is 31.0 Å². The first kappa shape index (κ1) is 23.2. The van der Waals surface area contributed by atoms with Gasteiger partial charge in [-0.25, -0.2) is 4.99 Å². The molecular formula is C17H28IN5O2. The van der Waals surface area contributed by atoms with E-state index in [2.05, 4.69) is 27.9 Å². The second-order valence-electron chi connectivity index (χ2n) is 5.44. The van der Waals surface area contributed by atoms with Crippen molar-refractivity contribution in [2.24, 2.45) is 4.99 Å². The molecule has 1 aromatic carbocycles. The van der Waals surface area contributed by atoms with E-state index in [1.807, 2.05) is 31.2 Å². The van der Waals surface area contributed by atoms with Crippen molar-refractivity contribution >= 4 is 47.4 Å². The topological polar surface area (TPSA) is 85.8 Å². The van der Waals surface area contributed by atoms with Gasteiger partial charge in [0, 0.05) is 26.3 Å². The fourth-order valence-electron chi connectivity index (χ4n) is 1.88. The first-order valence-electron chi connectivity index (χ1n) is 8.07. The van der Waals surface area contributed by atoms with E-state index in [0.717, 1.165) is 17.7 Å². The van der Waals surface area contributed by atoms with Gasteiger partial charge < -0.3 is 20.9 Å². The van der Waals surface area contributed by atoms with Crippen molar-refractivity contribution in [3.05, 3.63) is 29.8 Å². The second-order valence-corrected chi connectivity index (χ2v) is 5.44. The van der Waals surface area contributed by atoms with Crippen molar-refractivity contribution in [3.8, 4) is 0 Å². The van der Waals surface area contributed by atoms with E-state index in [-0.39, 0.29) is 48.9 Å². The molecule has 0 fully saturated rings. The van der Waals surface area contributed by atoms with Gasteiger partial charge in [-0.15, -0.1) is 24.0 Å². The van der Waals surface area contributed by atoms with E-state index >= 15 is 0 Å². The SMILES string of the molecule is CCNC(=NCC(=O)Nc1cccc(CC)c1)NCC(=O)N(C)C.I. The molecular weight excluding hydrogens is 433 g/mol. The Morgan fingerprint density at radius 3 is 2.48 bits per heavy atom. The number of anilines is 1. The Balaban J connectivity index is 0.00000576. The summed E-state index contributed by atoms with van der Waals surface area (Å²) in [5, 5.41) is 8.73. The first-order valence-corrected chi connectivity index (χ1v) is 8.07. The minimum atomic E-state index is -0.209. The molecule has 0 bridgehead atoms. The van der Waals surface area contributed by atoms with Gasteiger partial charge in [0.2, 0.25) is 11.8 Å². The summed E-state index contributed by atoms with van der Waals surface area (Å²) in [6.07, 6.45) is 0.913. The Kier molecular flexibility index (Phi) is 11.6. The highest BCUT2D eigenvalue weighted by Gasteiger charge is 2.07. The van der Waals surface area contributed by atoms with E-state index in [1.54, 1.807) is 14.1 Å². The lowest BCUT2D eigenvalue weighted by Gasteiger charge is -2.14. The average Bonchev–Trinajstić information content (AvgIpc) is 2.57. The normalized spacial score (nSPS) is 10.5. The number of nitrogens with zero attached hydrogens (tertiary/aromatic N) is 2. The molecule has 0 heterocycles. The molecule has 0 saturated carbocycles. The summed E-state index contributed by atoms with van der Waals surface area (Å²) in [6.45, 7) is 4.72. The predicted octanol–water partition coefficient (Wildman–Crippen LogP) is 1.45. The molecule has 0 unspecified atom stereocenters. The van der Waals surface area contributed by atoms with Crippen LogP contribution in [0.1, 0.15) is 19.4 Å². The summed E-state index contributed by atoms with van der Waals surface area (Å²) in [6, 6.07) is 7.72. The summed E-state index contributed by atoms with van der Waals surface area (Å²) in [4.78, 5) is 29.3. The van der Waals surface area contributed by atoms with Crippen molar-refractivity contribution in [2.75, 3.05) is 39.0 Å². The van der Waals surface area contributed by atoms with E-state index in [0.29, 0.717) is 12.5 Å². The lowest BCUT2D eigenvalue weighted by molar-refractivity contribution is -0.127. The molecule has 25 heavy (non-hydrogen) atoms. The molecule has 0 saturated heterocycles. The maximum absolute atomic E-state index is 12.0. The maximum Gasteiger partial charge on any atom is 0.246 e. The van der Waals surface area contributed by atoms with Crippen molar-refractivity contribution in [2.45, 2.75) is 20.3 Å². The summed E-state index contributed by atoms with van der Waals surface area (Å²) >= 11 is 0. The third kappa shape index (κ3) is 9.28. The number of nitrogens with one attached hydrogen (secondary N) is 3. The van der Waals surface area contributed by atoms with Crippen LogP contribution in [0.5, 0.6) is 0 Å². The Hall–Kier alpha value is -1.84. The number of likely N-dealkylation sites (N-methyl/N-ethyl adjacent to an activating group) is 1. The summed E-state index contributed by atoms with van der Waals surface area (Å²) < 4.78 is 0. The molecule has 0 radical (unpaired) electrons. The van der Waals surface area contributed by atoms with Crippen molar-refractivity contribution in [1.29, 1.82) is 0 Å². The first-order chi connectivity index (χ1) is 11.5. The fraction of sp³-hybridized carbons (Fsp3) is 0.471. The van der Waals surface area contributed by atoms with Crippen LogP contribution in [0.2, 0.25) is 0 Å². The highest BCUT2D eigenvalue weighted by atomic mass is 127. The van der Waals surface area contributed by atoms with Gasteiger partial charge in [0.15, 0.2) is 5.96 Å². The van der Waals surface area contributed by atoms with E-state index in [1.165, 1.54) is 4.90 Å². The number of amides is 2. The third-order valence-electron chi connectivity index (χ3n) is 3.25. The zero-order valence-corrected chi connectivity index (χ0v) is 17.6. The van der Waals surface area contributed by atoms with Crippen LogP contribution in [-0.2, 0) is 16.0 Å². The Morgan fingerprint density at radius 2 is 1.88 bits per heavy atom. The maximum atomic E-state index is 12.0. The molecule has 0 spiro atoms. The van der Waals surface area contributed by atoms with Crippen LogP contribution in [-0.4, -0.2) is 56.4 Å². The second kappa shape index (κ2) is 12.5. The minimum absolute atomic E-state index is 0. The zero-order valence-electron chi connectivity index (χ0n) is 15.3.